The fraction of sp³-hybridized carbons (Fsp3) is 0.421. The lowest BCUT2D eigenvalue weighted by Crippen LogP contribution is -2.61. The Morgan fingerprint density at radius 1 is 1.17 bits per heavy atom. The molecule has 10 heteroatoms. The molecule has 0 bridgehead atoms. The van der Waals surface area contributed by atoms with Gasteiger partial charge in [-0.05, 0) is 31.0 Å². The predicted molar refractivity (Wildman–Crippen MR) is 96.3 cm³/mol. The maximum Gasteiger partial charge on any atom is 0.387 e. The fourth-order valence-electron chi connectivity index (χ4n) is 3.33. The maximum atomic E-state index is 13.4. The molecule has 2 aliphatic rings. The van der Waals surface area contributed by atoms with Gasteiger partial charge in [0.1, 0.15) is 11.9 Å². The monoisotopic (exact) mass is 408 g/mol. The lowest BCUT2D eigenvalue weighted by Gasteiger charge is -2.41. The van der Waals surface area contributed by atoms with Gasteiger partial charge in [0.05, 0.1) is 6.04 Å². The van der Waals surface area contributed by atoms with Crippen LogP contribution in [-0.2, 0) is 4.79 Å². The Bertz CT molecular complexity index is 859. The summed E-state index contributed by atoms with van der Waals surface area (Å²) in [4.78, 5) is 22.6. The number of hydrogen-bond donors (Lipinski definition) is 1. The molecule has 0 unspecified atom stereocenters. The highest BCUT2D eigenvalue weighted by molar-refractivity contribution is 5.80. The molecule has 2 fully saturated rings. The lowest BCUT2D eigenvalue weighted by molar-refractivity contribution is -0.131. The van der Waals surface area contributed by atoms with Crippen LogP contribution in [0.2, 0.25) is 0 Å². The van der Waals surface area contributed by atoms with Crippen LogP contribution in [0.1, 0.15) is 12.8 Å². The molecule has 29 heavy (non-hydrogen) atoms. The summed E-state index contributed by atoms with van der Waals surface area (Å²) in [5.74, 6) is -0.611. The first kappa shape index (κ1) is 19.3. The Hall–Kier alpha value is -3.04. The Kier molecular flexibility index (Phi) is 5.41. The van der Waals surface area contributed by atoms with Gasteiger partial charge in [0.2, 0.25) is 11.9 Å². The molecule has 1 aliphatic heterocycles. The van der Waals surface area contributed by atoms with Crippen molar-refractivity contribution >= 4 is 11.9 Å². The van der Waals surface area contributed by atoms with Crippen LogP contribution in [0.3, 0.4) is 0 Å². The summed E-state index contributed by atoms with van der Waals surface area (Å²) < 4.78 is 48.2. The minimum Gasteiger partial charge on any atom is -0.486 e. The molecule has 154 valence electrons. The van der Waals surface area contributed by atoms with Gasteiger partial charge in [-0.3, -0.25) is 4.79 Å². The highest BCUT2D eigenvalue weighted by Gasteiger charge is 2.39. The van der Waals surface area contributed by atoms with Crippen molar-refractivity contribution in [3.63, 3.8) is 0 Å². The van der Waals surface area contributed by atoms with Gasteiger partial charge >= 0.3 is 6.61 Å². The molecular weight excluding hydrogens is 389 g/mol. The zero-order valence-electron chi connectivity index (χ0n) is 15.3. The average molecular weight is 408 g/mol. The van der Waals surface area contributed by atoms with Gasteiger partial charge in [0.25, 0.3) is 0 Å². The summed E-state index contributed by atoms with van der Waals surface area (Å²) in [6.45, 7) is -1.76. The second kappa shape index (κ2) is 8.14. The van der Waals surface area contributed by atoms with E-state index < -0.39 is 12.4 Å². The first-order chi connectivity index (χ1) is 14.0. The third-order valence-electron chi connectivity index (χ3n) is 4.94. The number of nitrogens with one attached hydrogen (secondary N) is 1. The van der Waals surface area contributed by atoms with Gasteiger partial charge in [0.15, 0.2) is 11.5 Å². The third-order valence-corrected chi connectivity index (χ3v) is 4.94. The summed E-state index contributed by atoms with van der Waals surface area (Å²) >= 11 is 0. The van der Waals surface area contributed by atoms with E-state index in [1.54, 1.807) is 18.5 Å². The van der Waals surface area contributed by atoms with Crippen LogP contribution >= 0.6 is 0 Å². The molecule has 1 aromatic carbocycles. The molecule has 1 N–H and O–H groups in total. The first-order valence-electron chi connectivity index (χ1n) is 9.21. The summed E-state index contributed by atoms with van der Waals surface area (Å²) in [6, 6.07) is 4.88. The Labute approximate surface area is 164 Å². The standard InChI is InChI=1S/C19H19F3N4O3/c20-12-2-3-15(29-18(21)22)16(8-12)28-14-6-11(7-14)17(27)25-13-9-26(10-13)19-23-4-1-5-24-19/h1-5,8,11,13-14,18H,6-7,9-10H2,(H,25,27). The van der Waals surface area contributed by atoms with Gasteiger partial charge in [-0.1, -0.05) is 0 Å². The van der Waals surface area contributed by atoms with Crippen LogP contribution in [0.4, 0.5) is 19.1 Å². The molecule has 1 saturated carbocycles. The smallest absolute Gasteiger partial charge is 0.387 e. The third kappa shape index (κ3) is 4.52. The van der Waals surface area contributed by atoms with Crippen LogP contribution in [0.15, 0.2) is 36.7 Å². The number of anilines is 1. The molecule has 0 radical (unpaired) electrons. The molecule has 0 spiro atoms. The summed E-state index contributed by atoms with van der Waals surface area (Å²) in [5, 5.41) is 2.97. The van der Waals surface area contributed by atoms with Crippen LogP contribution in [0.5, 0.6) is 11.5 Å². The van der Waals surface area contributed by atoms with Crippen molar-refractivity contribution in [2.45, 2.75) is 31.6 Å². The van der Waals surface area contributed by atoms with E-state index in [-0.39, 0.29) is 35.5 Å². The minimum absolute atomic E-state index is 0.0283. The lowest BCUT2D eigenvalue weighted by atomic mass is 9.81. The van der Waals surface area contributed by atoms with Crippen molar-refractivity contribution in [3.05, 3.63) is 42.5 Å². The van der Waals surface area contributed by atoms with Crippen molar-refractivity contribution in [3.8, 4) is 11.5 Å². The Balaban J connectivity index is 1.23. The topological polar surface area (TPSA) is 76.6 Å². The second-order valence-electron chi connectivity index (χ2n) is 7.04. The number of nitrogens with zero attached hydrogens (tertiary/aromatic N) is 3. The van der Waals surface area contributed by atoms with Gasteiger partial charge in [-0.25, -0.2) is 14.4 Å². The number of carbonyl (C=O) groups excluding carboxylic acids is 1. The number of benzene rings is 1. The van der Waals surface area contributed by atoms with Gasteiger partial charge < -0.3 is 19.7 Å². The molecule has 1 amide bonds. The number of ether oxygens (including phenoxy) is 2. The summed E-state index contributed by atoms with van der Waals surface area (Å²) in [5.41, 5.74) is 0. The van der Waals surface area contributed by atoms with E-state index in [1.165, 1.54) is 0 Å². The molecule has 7 nitrogen and oxygen atoms in total. The molecule has 2 aromatic rings. The number of hydrogen-bond acceptors (Lipinski definition) is 6. The van der Waals surface area contributed by atoms with Crippen molar-refractivity contribution in [2.75, 3.05) is 18.0 Å². The highest BCUT2D eigenvalue weighted by atomic mass is 19.3. The number of aromatic nitrogens is 2. The highest BCUT2D eigenvalue weighted by Crippen LogP contribution is 2.36. The SMILES string of the molecule is O=C(NC1CN(c2ncccn2)C1)C1CC(Oc2cc(F)ccc2OC(F)F)C1. The fourth-order valence-corrected chi connectivity index (χ4v) is 3.33. The first-order valence-corrected chi connectivity index (χ1v) is 9.21. The quantitative estimate of drug-likeness (QED) is 0.758. The normalized spacial score (nSPS) is 21.3. The van der Waals surface area contributed by atoms with Crippen LogP contribution in [-0.4, -0.2) is 47.7 Å². The van der Waals surface area contributed by atoms with Gasteiger partial charge in [0, 0.05) is 37.5 Å². The van der Waals surface area contributed by atoms with E-state index in [4.69, 9.17) is 4.74 Å². The van der Waals surface area contributed by atoms with Gasteiger partial charge in [-0.15, -0.1) is 0 Å². The van der Waals surface area contributed by atoms with E-state index >= 15 is 0 Å². The van der Waals surface area contributed by atoms with E-state index in [0.717, 1.165) is 18.2 Å². The number of carbonyl (C=O) groups is 1. The molecule has 1 aromatic heterocycles. The largest absolute Gasteiger partial charge is 0.486 e. The second-order valence-corrected chi connectivity index (χ2v) is 7.04. The van der Waals surface area contributed by atoms with E-state index in [2.05, 4.69) is 20.0 Å². The zero-order valence-corrected chi connectivity index (χ0v) is 15.3. The minimum atomic E-state index is -3.04. The van der Waals surface area contributed by atoms with E-state index in [9.17, 15) is 18.0 Å². The molecule has 1 aliphatic carbocycles. The van der Waals surface area contributed by atoms with E-state index in [1.807, 2.05) is 4.90 Å². The molecular formula is C19H19F3N4O3. The molecule has 2 heterocycles. The van der Waals surface area contributed by atoms with Crippen molar-refractivity contribution in [1.82, 2.24) is 15.3 Å². The maximum absolute atomic E-state index is 13.4. The van der Waals surface area contributed by atoms with Crippen LogP contribution in [0.25, 0.3) is 0 Å². The molecule has 0 atom stereocenters. The van der Waals surface area contributed by atoms with Gasteiger partial charge in [-0.2, -0.15) is 8.78 Å². The van der Waals surface area contributed by atoms with Crippen molar-refractivity contribution < 1.29 is 27.4 Å². The number of rotatable bonds is 7. The van der Waals surface area contributed by atoms with Crippen LogP contribution in [0, 0.1) is 11.7 Å². The van der Waals surface area contributed by atoms with Crippen LogP contribution < -0.4 is 19.7 Å². The van der Waals surface area contributed by atoms with Crippen molar-refractivity contribution in [2.24, 2.45) is 5.92 Å². The average Bonchev–Trinajstić information content (AvgIpc) is 2.62. The predicted octanol–water partition coefficient (Wildman–Crippen LogP) is 2.38. The number of halogens is 3. The molecule has 4 rings (SSSR count). The Morgan fingerprint density at radius 3 is 2.59 bits per heavy atom. The molecule has 1 saturated heterocycles. The van der Waals surface area contributed by atoms with E-state index in [0.29, 0.717) is 31.9 Å². The summed E-state index contributed by atoms with van der Waals surface area (Å²) in [7, 11) is 0. The summed E-state index contributed by atoms with van der Waals surface area (Å²) in [6.07, 6.45) is 3.82. The van der Waals surface area contributed by atoms with Crippen molar-refractivity contribution in [1.29, 1.82) is 0 Å². The number of alkyl halides is 2. The number of amides is 1. The zero-order chi connectivity index (χ0) is 20.4. The Morgan fingerprint density at radius 2 is 1.90 bits per heavy atom.